The fourth-order valence-corrected chi connectivity index (χ4v) is 3.60. The lowest BCUT2D eigenvalue weighted by Crippen LogP contribution is -2.36. The molecule has 1 N–H and O–H groups in total. The number of hydrogen-bond donors (Lipinski definition) is 1. The van der Waals surface area contributed by atoms with Crippen LogP contribution in [-0.2, 0) is 11.2 Å². The predicted octanol–water partition coefficient (Wildman–Crippen LogP) is 1.16. The van der Waals surface area contributed by atoms with E-state index in [1.165, 1.54) is 21.9 Å². The third-order valence-electron chi connectivity index (χ3n) is 3.58. The van der Waals surface area contributed by atoms with Gasteiger partial charge in [-0.2, -0.15) is 4.52 Å². The molecule has 1 saturated heterocycles. The molecule has 0 spiro atoms. The Labute approximate surface area is 124 Å². The largest absolute Gasteiger partial charge is 0.480 e. The van der Waals surface area contributed by atoms with Crippen molar-refractivity contribution in [2.45, 2.75) is 38.6 Å². The van der Waals surface area contributed by atoms with Crippen LogP contribution < -0.4 is 10.5 Å². The summed E-state index contributed by atoms with van der Waals surface area (Å²) < 4.78 is 1.26. The summed E-state index contributed by atoms with van der Waals surface area (Å²) in [5.41, 5.74) is 0.547. The van der Waals surface area contributed by atoms with Crippen LogP contribution in [0.2, 0.25) is 0 Å². The Bertz CT molecular complexity index is 739. The number of nitrogens with zero attached hydrogens (tertiary/aromatic N) is 4. The molecule has 2 aromatic heterocycles. The first-order valence-electron chi connectivity index (χ1n) is 6.99. The maximum atomic E-state index is 12.1. The van der Waals surface area contributed by atoms with Crippen molar-refractivity contribution in [3.8, 4) is 0 Å². The number of aliphatic carboxylic acids is 1. The fraction of sp³-hybridized carbons (Fsp3) is 0.538. The third-order valence-corrected chi connectivity index (χ3v) is 4.52. The van der Waals surface area contributed by atoms with Gasteiger partial charge in [-0.05, 0) is 19.3 Å². The van der Waals surface area contributed by atoms with Gasteiger partial charge >= 0.3 is 5.97 Å². The van der Waals surface area contributed by atoms with Crippen molar-refractivity contribution < 1.29 is 9.90 Å². The Balaban J connectivity index is 2.03. The van der Waals surface area contributed by atoms with Crippen LogP contribution in [0.4, 0.5) is 5.13 Å². The minimum atomic E-state index is -0.848. The molecule has 112 valence electrons. The maximum absolute atomic E-state index is 12.1. The highest BCUT2D eigenvalue weighted by molar-refractivity contribution is 7.20. The molecule has 3 rings (SSSR count). The number of rotatable bonds is 4. The van der Waals surface area contributed by atoms with Crippen LogP contribution in [-0.4, -0.2) is 38.3 Å². The number of carboxylic acids is 1. The first-order valence-corrected chi connectivity index (χ1v) is 7.81. The Morgan fingerprint density at radius 1 is 1.57 bits per heavy atom. The molecule has 8 heteroatoms. The second-order valence-corrected chi connectivity index (χ2v) is 6.04. The summed E-state index contributed by atoms with van der Waals surface area (Å²) in [6.45, 7) is 2.68. The molecule has 0 unspecified atom stereocenters. The van der Waals surface area contributed by atoms with E-state index in [4.69, 9.17) is 0 Å². The lowest BCUT2D eigenvalue weighted by Gasteiger charge is -2.19. The molecule has 0 radical (unpaired) electrons. The highest BCUT2D eigenvalue weighted by atomic mass is 32.1. The van der Waals surface area contributed by atoms with Crippen LogP contribution in [0.25, 0.3) is 4.96 Å². The van der Waals surface area contributed by atoms with E-state index in [0.717, 1.165) is 25.0 Å². The highest BCUT2D eigenvalue weighted by Gasteiger charge is 2.32. The first kappa shape index (κ1) is 14.0. The number of anilines is 1. The maximum Gasteiger partial charge on any atom is 0.326 e. The van der Waals surface area contributed by atoms with Gasteiger partial charge in [-0.1, -0.05) is 24.7 Å². The van der Waals surface area contributed by atoms with Crippen molar-refractivity contribution in [3.63, 3.8) is 0 Å². The number of fused-ring (bicyclic) bond motifs is 1. The normalized spacial score (nSPS) is 18.5. The van der Waals surface area contributed by atoms with Crippen molar-refractivity contribution in [1.82, 2.24) is 14.6 Å². The van der Waals surface area contributed by atoms with E-state index >= 15 is 0 Å². The van der Waals surface area contributed by atoms with E-state index in [1.54, 1.807) is 4.90 Å². The summed E-state index contributed by atoms with van der Waals surface area (Å²) in [6, 6.07) is 0.940. The van der Waals surface area contributed by atoms with Gasteiger partial charge in [0.2, 0.25) is 10.1 Å². The van der Waals surface area contributed by atoms with E-state index in [1.807, 2.05) is 6.92 Å². The standard InChI is InChI=1S/C13H16N4O3S/c1-2-4-8-7-10(18)17-12(14-8)21-13(15-17)16-6-3-5-9(16)11(19)20/h7,9H,2-6H2,1H3,(H,19,20)/t9-/m0/s1. The summed E-state index contributed by atoms with van der Waals surface area (Å²) in [4.78, 5) is 30.0. The van der Waals surface area contributed by atoms with Crippen molar-refractivity contribution in [3.05, 3.63) is 22.1 Å². The topological polar surface area (TPSA) is 87.8 Å². The Kier molecular flexibility index (Phi) is 3.62. The number of carbonyl (C=O) groups is 1. The summed E-state index contributed by atoms with van der Waals surface area (Å²) in [5.74, 6) is -0.848. The first-order chi connectivity index (χ1) is 10.1. The molecule has 3 heterocycles. The van der Waals surface area contributed by atoms with Gasteiger partial charge in [-0.3, -0.25) is 4.79 Å². The zero-order valence-corrected chi connectivity index (χ0v) is 12.5. The van der Waals surface area contributed by atoms with Gasteiger partial charge in [0.1, 0.15) is 6.04 Å². The van der Waals surface area contributed by atoms with Gasteiger partial charge < -0.3 is 10.0 Å². The third kappa shape index (κ3) is 2.51. The molecule has 0 amide bonds. The molecule has 1 aliphatic heterocycles. The van der Waals surface area contributed by atoms with E-state index in [0.29, 0.717) is 23.1 Å². The van der Waals surface area contributed by atoms with Gasteiger partial charge in [-0.15, -0.1) is 5.10 Å². The van der Waals surface area contributed by atoms with E-state index in [2.05, 4.69) is 10.1 Å². The van der Waals surface area contributed by atoms with Crippen molar-refractivity contribution >= 4 is 27.4 Å². The molecule has 7 nitrogen and oxygen atoms in total. The number of hydrogen-bond acceptors (Lipinski definition) is 6. The summed E-state index contributed by atoms with van der Waals surface area (Å²) in [5, 5.41) is 14.0. The average Bonchev–Trinajstić information content (AvgIpc) is 3.04. The number of carboxylic acid groups (broad SMARTS) is 1. The molecule has 1 aliphatic rings. The Hall–Kier alpha value is -1.96. The quantitative estimate of drug-likeness (QED) is 0.912. The molecule has 0 aromatic carbocycles. The molecule has 2 aromatic rings. The molecule has 1 atom stereocenters. The van der Waals surface area contributed by atoms with Crippen LogP contribution in [0.1, 0.15) is 31.9 Å². The van der Waals surface area contributed by atoms with Crippen molar-refractivity contribution in [2.24, 2.45) is 0 Å². The second-order valence-electron chi connectivity index (χ2n) is 5.10. The number of aromatic nitrogens is 3. The van der Waals surface area contributed by atoms with E-state index < -0.39 is 12.0 Å². The second kappa shape index (κ2) is 5.44. The summed E-state index contributed by atoms with van der Waals surface area (Å²) in [7, 11) is 0. The smallest absolute Gasteiger partial charge is 0.326 e. The fourth-order valence-electron chi connectivity index (χ4n) is 2.60. The Morgan fingerprint density at radius 2 is 2.38 bits per heavy atom. The molecule has 1 fully saturated rings. The van der Waals surface area contributed by atoms with Gasteiger partial charge in [0.05, 0.1) is 0 Å². The molecule has 0 bridgehead atoms. The van der Waals surface area contributed by atoms with Crippen LogP contribution in [0.3, 0.4) is 0 Å². The van der Waals surface area contributed by atoms with Gasteiger partial charge in [-0.25, -0.2) is 9.78 Å². The lowest BCUT2D eigenvalue weighted by molar-refractivity contribution is -0.138. The van der Waals surface area contributed by atoms with Crippen LogP contribution in [0.5, 0.6) is 0 Å². The zero-order valence-electron chi connectivity index (χ0n) is 11.7. The van der Waals surface area contributed by atoms with Gasteiger partial charge in [0, 0.05) is 18.3 Å². The molecular weight excluding hydrogens is 292 g/mol. The van der Waals surface area contributed by atoms with Crippen LogP contribution in [0, 0.1) is 0 Å². The number of aryl methyl sites for hydroxylation is 1. The van der Waals surface area contributed by atoms with Gasteiger partial charge in [0.15, 0.2) is 0 Å². The van der Waals surface area contributed by atoms with E-state index in [-0.39, 0.29) is 5.56 Å². The molecule has 0 saturated carbocycles. The zero-order chi connectivity index (χ0) is 15.0. The van der Waals surface area contributed by atoms with Crippen molar-refractivity contribution in [2.75, 3.05) is 11.4 Å². The van der Waals surface area contributed by atoms with Crippen LogP contribution >= 0.6 is 11.3 Å². The lowest BCUT2D eigenvalue weighted by atomic mass is 10.2. The highest BCUT2D eigenvalue weighted by Crippen LogP contribution is 2.29. The van der Waals surface area contributed by atoms with Gasteiger partial charge in [0.25, 0.3) is 5.56 Å². The SMILES string of the molecule is CCCc1cc(=O)n2nc(N3CCC[C@H]3C(=O)O)sc2n1. The molecule has 21 heavy (non-hydrogen) atoms. The van der Waals surface area contributed by atoms with E-state index in [9.17, 15) is 14.7 Å². The van der Waals surface area contributed by atoms with Crippen molar-refractivity contribution in [1.29, 1.82) is 0 Å². The summed E-state index contributed by atoms with van der Waals surface area (Å²) >= 11 is 1.27. The Morgan fingerprint density at radius 3 is 3.10 bits per heavy atom. The average molecular weight is 308 g/mol. The minimum Gasteiger partial charge on any atom is -0.480 e. The van der Waals surface area contributed by atoms with Crippen LogP contribution in [0.15, 0.2) is 10.9 Å². The molecular formula is C13H16N4O3S. The summed E-state index contributed by atoms with van der Waals surface area (Å²) in [6.07, 6.45) is 3.09. The predicted molar refractivity (Wildman–Crippen MR) is 79.1 cm³/mol. The monoisotopic (exact) mass is 308 g/mol. The minimum absolute atomic E-state index is 0.211. The molecule has 0 aliphatic carbocycles.